The molecule has 4 heteroatoms. The molecule has 0 aliphatic carbocycles. The molecule has 2 aliphatic rings. The fraction of sp³-hybridized carbons (Fsp3) is 0.588. The summed E-state index contributed by atoms with van der Waals surface area (Å²) in [6.45, 7) is 5.63. The van der Waals surface area contributed by atoms with Gasteiger partial charge in [-0.1, -0.05) is 18.6 Å². The molecule has 114 valence electrons. The van der Waals surface area contributed by atoms with Crippen molar-refractivity contribution >= 4 is 5.97 Å². The Morgan fingerprint density at radius 2 is 2.00 bits per heavy atom. The molecule has 0 bridgehead atoms. The number of carboxylic acids is 1. The molecule has 2 heterocycles. The predicted molar refractivity (Wildman–Crippen MR) is 82.5 cm³/mol. The molecule has 0 aromatic heterocycles. The minimum atomic E-state index is -0.843. The van der Waals surface area contributed by atoms with E-state index in [4.69, 9.17) is 5.11 Å². The Labute approximate surface area is 126 Å². The molecule has 0 saturated carbocycles. The molecule has 2 fully saturated rings. The van der Waals surface area contributed by atoms with Crippen molar-refractivity contribution in [2.45, 2.75) is 38.3 Å². The van der Waals surface area contributed by atoms with Crippen LogP contribution in [0, 0.1) is 0 Å². The second-order valence-electron chi connectivity index (χ2n) is 6.28. The highest BCUT2D eigenvalue weighted by Gasteiger charge is 2.28. The number of carbonyl (C=O) groups is 1. The molecule has 0 spiro atoms. The van der Waals surface area contributed by atoms with Crippen molar-refractivity contribution in [3.05, 3.63) is 35.4 Å². The van der Waals surface area contributed by atoms with Gasteiger partial charge < -0.3 is 5.11 Å². The van der Waals surface area contributed by atoms with Crippen LogP contribution in [0.5, 0.6) is 0 Å². The molecular formula is C17H24N2O2. The molecule has 2 aliphatic heterocycles. The molecule has 1 aromatic carbocycles. The van der Waals surface area contributed by atoms with Crippen molar-refractivity contribution in [1.82, 2.24) is 9.80 Å². The summed E-state index contributed by atoms with van der Waals surface area (Å²) in [5.41, 5.74) is 1.49. The number of benzene rings is 1. The first-order valence-electron chi connectivity index (χ1n) is 8.01. The van der Waals surface area contributed by atoms with Crippen LogP contribution in [0.1, 0.15) is 41.6 Å². The van der Waals surface area contributed by atoms with Gasteiger partial charge in [-0.05, 0) is 50.0 Å². The summed E-state index contributed by atoms with van der Waals surface area (Å²) in [5.74, 6) is -0.843. The normalized spacial score (nSPS) is 24.3. The van der Waals surface area contributed by atoms with Crippen molar-refractivity contribution in [3.8, 4) is 0 Å². The third-order valence-electron chi connectivity index (χ3n) is 4.73. The van der Waals surface area contributed by atoms with Gasteiger partial charge in [0.1, 0.15) is 0 Å². The number of nitrogens with zero attached hydrogens (tertiary/aromatic N) is 2. The Morgan fingerprint density at radius 1 is 1.19 bits per heavy atom. The minimum absolute atomic E-state index is 0.388. The molecule has 2 saturated heterocycles. The summed E-state index contributed by atoms with van der Waals surface area (Å²) in [6.07, 6.45) is 5.32. The summed E-state index contributed by atoms with van der Waals surface area (Å²) >= 11 is 0. The van der Waals surface area contributed by atoms with Crippen LogP contribution in [0.25, 0.3) is 0 Å². The van der Waals surface area contributed by atoms with Gasteiger partial charge in [-0.2, -0.15) is 0 Å². The van der Waals surface area contributed by atoms with Crippen molar-refractivity contribution in [2.24, 2.45) is 0 Å². The van der Waals surface area contributed by atoms with Crippen molar-refractivity contribution in [2.75, 3.05) is 26.2 Å². The first kappa shape index (κ1) is 14.5. The number of aromatic carboxylic acids is 1. The van der Waals surface area contributed by atoms with Crippen LogP contribution in [0.15, 0.2) is 24.3 Å². The van der Waals surface area contributed by atoms with E-state index in [-0.39, 0.29) is 0 Å². The minimum Gasteiger partial charge on any atom is -0.478 e. The molecule has 21 heavy (non-hydrogen) atoms. The third kappa shape index (κ3) is 3.63. The van der Waals surface area contributed by atoms with E-state index in [1.54, 1.807) is 12.1 Å². The lowest BCUT2D eigenvalue weighted by atomic mass is 10.1. The fourth-order valence-electron chi connectivity index (χ4n) is 3.60. The maximum atomic E-state index is 11.0. The summed E-state index contributed by atoms with van der Waals surface area (Å²) in [6, 6.07) is 8.04. The predicted octanol–water partition coefficient (Wildman–Crippen LogP) is 2.45. The van der Waals surface area contributed by atoms with E-state index in [2.05, 4.69) is 9.80 Å². The van der Waals surface area contributed by atoms with E-state index in [1.165, 1.54) is 38.8 Å². The lowest BCUT2D eigenvalue weighted by molar-refractivity contribution is 0.0696. The van der Waals surface area contributed by atoms with Crippen LogP contribution >= 0.6 is 0 Å². The smallest absolute Gasteiger partial charge is 0.335 e. The fourth-order valence-corrected chi connectivity index (χ4v) is 3.60. The standard InChI is InChI=1S/C17H24N2O2/c20-17(21)15-6-4-5-14(11-15)12-18-10-7-16(13-18)19-8-2-1-3-9-19/h4-6,11,16H,1-3,7-10,12-13H2,(H,20,21). The summed E-state index contributed by atoms with van der Waals surface area (Å²) in [7, 11) is 0. The largest absolute Gasteiger partial charge is 0.478 e. The first-order valence-corrected chi connectivity index (χ1v) is 8.01. The Morgan fingerprint density at radius 3 is 2.76 bits per heavy atom. The van der Waals surface area contributed by atoms with Crippen molar-refractivity contribution < 1.29 is 9.90 Å². The second kappa shape index (κ2) is 6.58. The van der Waals surface area contributed by atoms with E-state index in [0.717, 1.165) is 25.2 Å². The highest BCUT2D eigenvalue weighted by Crippen LogP contribution is 2.21. The van der Waals surface area contributed by atoms with Crippen LogP contribution in [-0.2, 0) is 6.54 Å². The number of hydrogen-bond acceptors (Lipinski definition) is 3. The van der Waals surface area contributed by atoms with Gasteiger partial charge >= 0.3 is 5.97 Å². The van der Waals surface area contributed by atoms with E-state index in [1.807, 2.05) is 12.1 Å². The van der Waals surface area contributed by atoms with E-state index in [9.17, 15) is 4.79 Å². The maximum absolute atomic E-state index is 11.0. The van der Waals surface area contributed by atoms with Gasteiger partial charge in [-0.3, -0.25) is 9.80 Å². The molecule has 1 aromatic rings. The highest BCUT2D eigenvalue weighted by molar-refractivity contribution is 5.87. The lowest BCUT2D eigenvalue weighted by Crippen LogP contribution is -2.40. The zero-order valence-corrected chi connectivity index (χ0v) is 12.5. The molecule has 0 radical (unpaired) electrons. The zero-order valence-electron chi connectivity index (χ0n) is 12.5. The SMILES string of the molecule is O=C(O)c1cccc(CN2CCC(N3CCCCC3)C2)c1. The summed E-state index contributed by atoms with van der Waals surface area (Å²) in [5, 5.41) is 9.06. The molecule has 3 rings (SSSR count). The lowest BCUT2D eigenvalue weighted by Gasteiger charge is -2.32. The van der Waals surface area contributed by atoms with Gasteiger partial charge in [0, 0.05) is 25.7 Å². The number of likely N-dealkylation sites (tertiary alicyclic amines) is 2. The van der Waals surface area contributed by atoms with Gasteiger partial charge in [0.2, 0.25) is 0 Å². The summed E-state index contributed by atoms with van der Waals surface area (Å²) < 4.78 is 0. The number of carboxylic acid groups (broad SMARTS) is 1. The topological polar surface area (TPSA) is 43.8 Å². The molecule has 1 atom stereocenters. The maximum Gasteiger partial charge on any atom is 0.335 e. The Balaban J connectivity index is 1.56. The van der Waals surface area contributed by atoms with Gasteiger partial charge in [0.25, 0.3) is 0 Å². The number of piperidine rings is 1. The second-order valence-corrected chi connectivity index (χ2v) is 6.28. The van der Waals surface area contributed by atoms with Crippen LogP contribution in [0.4, 0.5) is 0 Å². The van der Waals surface area contributed by atoms with E-state index < -0.39 is 5.97 Å². The molecule has 0 amide bonds. The van der Waals surface area contributed by atoms with Gasteiger partial charge in [0.15, 0.2) is 0 Å². The van der Waals surface area contributed by atoms with Gasteiger partial charge in [-0.15, -0.1) is 0 Å². The van der Waals surface area contributed by atoms with Crippen LogP contribution < -0.4 is 0 Å². The molecule has 4 nitrogen and oxygen atoms in total. The van der Waals surface area contributed by atoms with E-state index >= 15 is 0 Å². The van der Waals surface area contributed by atoms with Crippen LogP contribution in [0.3, 0.4) is 0 Å². The number of hydrogen-bond donors (Lipinski definition) is 1. The Bertz CT molecular complexity index is 497. The van der Waals surface area contributed by atoms with Crippen LogP contribution in [0.2, 0.25) is 0 Å². The third-order valence-corrected chi connectivity index (χ3v) is 4.73. The average Bonchev–Trinajstić information content (AvgIpc) is 2.97. The summed E-state index contributed by atoms with van der Waals surface area (Å²) in [4.78, 5) is 16.1. The van der Waals surface area contributed by atoms with Gasteiger partial charge in [0.05, 0.1) is 5.56 Å². The zero-order chi connectivity index (χ0) is 14.7. The Hall–Kier alpha value is -1.39. The number of rotatable bonds is 4. The average molecular weight is 288 g/mol. The Kier molecular flexibility index (Phi) is 4.56. The first-order chi connectivity index (χ1) is 10.2. The monoisotopic (exact) mass is 288 g/mol. The highest BCUT2D eigenvalue weighted by atomic mass is 16.4. The van der Waals surface area contributed by atoms with Crippen molar-refractivity contribution in [1.29, 1.82) is 0 Å². The van der Waals surface area contributed by atoms with Crippen molar-refractivity contribution in [3.63, 3.8) is 0 Å². The van der Waals surface area contributed by atoms with Crippen LogP contribution in [-0.4, -0.2) is 53.1 Å². The molecule has 1 unspecified atom stereocenters. The molecule has 1 N–H and O–H groups in total. The molecular weight excluding hydrogens is 264 g/mol. The van der Waals surface area contributed by atoms with Gasteiger partial charge in [-0.25, -0.2) is 4.79 Å². The quantitative estimate of drug-likeness (QED) is 0.924. The van der Waals surface area contributed by atoms with E-state index in [0.29, 0.717) is 11.6 Å².